The summed E-state index contributed by atoms with van der Waals surface area (Å²) in [7, 11) is 7.23. The Kier molecular flexibility index (Phi) is 3.63. The van der Waals surface area contributed by atoms with Gasteiger partial charge in [-0.3, -0.25) is 0 Å². The fourth-order valence-electron chi connectivity index (χ4n) is 1.19. The molecule has 0 aromatic heterocycles. The number of halogens is 1. The molecule has 0 atom stereocenters. The number of hydrogen-bond donors (Lipinski definition) is 0. The quantitative estimate of drug-likeness (QED) is 0.833. The van der Waals surface area contributed by atoms with Crippen molar-refractivity contribution in [2.45, 2.75) is 0 Å². The molecule has 0 N–H and O–H groups in total. The van der Waals surface area contributed by atoms with Gasteiger partial charge in [-0.15, -0.1) is 0 Å². The zero-order valence-electron chi connectivity index (χ0n) is 8.80. The molecule has 1 aromatic rings. The molecule has 14 heavy (non-hydrogen) atoms. The third-order valence-corrected chi connectivity index (χ3v) is 2.55. The minimum absolute atomic E-state index is 0.800. The molecule has 0 bridgehead atoms. The zero-order valence-corrected chi connectivity index (χ0v) is 10.4. The second-order valence-corrected chi connectivity index (χ2v) is 3.91. The molecule has 3 nitrogen and oxygen atoms in total. The van der Waals surface area contributed by atoms with E-state index < -0.39 is 0 Å². The van der Waals surface area contributed by atoms with E-state index in [1.54, 1.807) is 14.2 Å². The van der Waals surface area contributed by atoms with Gasteiger partial charge in [-0.25, -0.2) is 0 Å². The Morgan fingerprint density at radius 3 is 2.07 bits per heavy atom. The first kappa shape index (κ1) is 11.2. The van der Waals surface area contributed by atoms with Crippen LogP contribution in [0.5, 0.6) is 11.5 Å². The molecule has 0 aliphatic heterocycles. The number of ether oxygens (including phenoxy) is 2. The lowest BCUT2D eigenvalue weighted by Crippen LogP contribution is -2.10. The molecule has 0 unspecified atom stereocenters. The summed E-state index contributed by atoms with van der Waals surface area (Å²) in [6.07, 6.45) is 0. The highest BCUT2D eigenvalue weighted by Crippen LogP contribution is 2.37. The highest BCUT2D eigenvalue weighted by molar-refractivity contribution is 9.10. The Morgan fingerprint density at radius 2 is 1.64 bits per heavy atom. The van der Waals surface area contributed by atoms with Crippen molar-refractivity contribution in [1.29, 1.82) is 0 Å². The maximum atomic E-state index is 5.26. The average molecular weight is 260 g/mol. The molecular formula is C10H14BrNO2. The van der Waals surface area contributed by atoms with Gasteiger partial charge in [-0.2, -0.15) is 0 Å². The van der Waals surface area contributed by atoms with E-state index in [9.17, 15) is 0 Å². The van der Waals surface area contributed by atoms with E-state index in [1.807, 2.05) is 31.1 Å². The SMILES string of the molecule is COc1cc(N(C)C)c(OC)cc1Br. The summed E-state index contributed by atoms with van der Waals surface area (Å²) < 4.78 is 11.4. The van der Waals surface area contributed by atoms with E-state index in [2.05, 4.69) is 15.9 Å². The van der Waals surface area contributed by atoms with Gasteiger partial charge in [0, 0.05) is 26.2 Å². The summed E-state index contributed by atoms with van der Waals surface area (Å²) in [6, 6.07) is 3.83. The van der Waals surface area contributed by atoms with Crippen molar-refractivity contribution >= 4 is 21.6 Å². The summed E-state index contributed by atoms with van der Waals surface area (Å²) >= 11 is 3.41. The zero-order chi connectivity index (χ0) is 10.7. The van der Waals surface area contributed by atoms with Crippen molar-refractivity contribution in [1.82, 2.24) is 0 Å². The van der Waals surface area contributed by atoms with E-state index in [-0.39, 0.29) is 0 Å². The van der Waals surface area contributed by atoms with Crippen molar-refractivity contribution in [2.75, 3.05) is 33.2 Å². The lowest BCUT2D eigenvalue weighted by molar-refractivity contribution is 0.401. The molecule has 1 rings (SSSR count). The van der Waals surface area contributed by atoms with E-state index in [1.165, 1.54) is 0 Å². The summed E-state index contributed by atoms with van der Waals surface area (Å²) in [5.74, 6) is 1.62. The third kappa shape index (κ3) is 2.12. The normalized spacial score (nSPS) is 9.79. The third-order valence-electron chi connectivity index (χ3n) is 1.94. The van der Waals surface area contributed by atoms with Gasteiger partial charge in [-0.05, 0) is 15.9 Å². The molecule has 0 saturated heterocycles. The molecule has 0 heterocycles. The van der Waals surface area contributed by atoms with E-state index in [4.69, 9.17) is 9.47 Å². The number of methoxy groups -OCH3 is 2. The summed E-state index contributed by atoms with van der Waals surface area (Å²) in [5.41, 5.74) is 0.993. The van der Waals surface area contributed by atoms with Crippen LogP contribution < -0.4 is 14.4 Å². The van der Waals surface area contributed by atoms with Crippen LogP contribution in [0, 0.1) is 0 Å². The Hall–Kier alpha value is -0.900. The van der Waals surface area contributed by atoms with Crippen molar-refractivity contribution in [3.63, 3.8) is 0 Å². The first-order valence-corrected chi connectivity index (χ1v) is 4.98. The average Bonchev–Trinajstić information content (AvgIpc) is 2.16. The largest absolute Gasteiger partial charge is 0.495 e. The maximum absolute atomic E-state index is 5.26. The molecule has 4 heteroatoms. The van der Waals surface area contributed by atoms with Crippen LogP contribution in [0.15, 0.2) is 16.6 Å². The molecule has 1 aromatic carbocycles. The molecule has 0 aliphatic rings. The number of benzene rings is 1. The van der Waals surface area contributed by atoms with Gasteiger partial charge < -0.3 is 14.4 Å². The lowest BCUT2D eigenvalue weighted by atomic mass is 10.2. The fourth-order valence-corrected chi connectivity index (χ4v) is 1.68. The van der Waals surface area contributed by atoms with Crippen LogP contribution in [0.3, 0.4) is 0 Å². The topological polar surface area (TPSA) is 21.7 Å². The summed E-state index contributed by atoms with van der Waals surface area (Å²) in [4.78, 5) is 1.98. The highest BCUT2D eigenvalue weighted by atomic mass is 79.9. The van der Waals surface area contributed by atoms with Gasteiger partial charge in [0.05, 0.1) is 24.4 Å². The van der Waals surface area contributed by atoms with Crippen molar-refractivity contribution in [3.05, 3.63) is 16.6 Å². The van der Waals surface area contributed by atoms with Gasteiger partial charge in [0.1, 0.15) is 11.5 Å². The van der Waals surface area contributed by atoms with E-state index in [0.717, 1.165) is 21.7 Å². The van der Waals surface area contributed by atoms with Gasteiger partial charge in [0.15, 0.2) is 0 Å². The van der Waals surface area contributed by atoms with E-state index in [0.29, 0.717) is 0 Å². The van der Waals surface area contributed by atoms with Crippen LogP contribution >= 0.6 is 15.9 Å². The van der Waals surface area contributed by atoms with Crippen LogP contribution in [-0.4, -0.2) is 28.3 Å². The Labute approximate surface area is 92.7 Å². The molecule has 78 valence electrons. The monoisotopic (exact) mass is 259 g/mol. The molecular weight excluding hydrogens is 246 g/mol. The predicted molar refractivity (Wildman–Crippen MR) is 61.6 cm³/mol. The first-order chi connectivity index (χ1) is 6.60. The minimum atomic E-state index is 0.800. The highest BCUT2D eigenvalue weighted by Gasteiger charge is 2.10. The van der Waals surface area contributed by atoms with Crippen LogP contribution in [0.25, 0.3) is 0 Å². The number of hydrogen-bond acceptors (Lipinski definition) is 3. The molecule has 0 saturated carbocycles. The van der Waals surface area contributed by atoms with Crippen molar-refractivity contribution in [2.24, 2.45) is 0 Å². The van der Waals surface area contributed by atoms with Crippen LogP contribution in [0.1, 0.15) is 0 Å². The van der Waals surface area contributed by atoms with Crippen LogP contribution in [0.2, 0.25) is 0 Å². The number of nitrogens with zero attached hydrogens (tertiary/aromatic N) is 1. The molecule has 0 amide bonds. The number of rotatable bonds is 3. The van der Waals surface area contributed by atoms with Gasteiger partial charge >= 0.3 is 0 Å². The molecule has 0 radical (unpaired) electrons. The summed E-state index contributed by atoms with van der Waals surface area (Å²) in [5, 5.41) is 0. The van der Waals surface area contributed by atoms with Gasteiger partial charge in [0.25, 0.3) is 0 Å². The predicted octanol–water partition coefficient (Wildman–Crippen LogP) is 2.53. The first-order valence-electron chi connectivity index (χ1n) is 4.19. The fraction of sp³-hybridized carbons (Fsp3) is 0.400. The lowest BCUT2D eigenvalue weighted by Gasteiger charge is -2.18. The van der Waals surface area contributed by atoms with Crippen molar-refractivity contribution in [3.8, 4) is 11.5 Å². The smallest absolute Gasteiger partial charge is 0.143 e. The van der Waals surface area contributed by atoms with Crippen LogP contribution in [0.4, 0.5) is 5.69 Å². The van der Waals surface area contributed by atoms with Gasteiger partial charge in [-0.1, -0.05) is 0 Å². The Morgan fingerprint density at radius 1 is 1.07 bits per heavy atom. The standard InChI is InChI=1S/C10H14BrNO2/c1-12(2)8-6-9(13-3)7(11)5-10(8)14-4/h5-6H,1-4H3. The molecule has 0 spiro atoms. The number of anilines is 1. The molecule has 0 aliphatic carbocycles. The minimum Gasteiger partial charge on any atom is -0.495 e. The van der Waals surface area contributed by atoms with E-state index >= 15 is 0 Å². The van der Waals surface area contributed by atoms with Crippen LogP contribution in [-0.2, 0) is 0 Å². The second kappa shape index (κ2) is 4.55. The Balaban J connectivity index is 3.25. The maximum Gasteiger partial charge on any atom is 0.143 e. The Bertz CT molecular complexity index is 326. The van der Waals surface area contributed by atoms with Gasteiger partial charge in [0.2, 0.25) is 0 Å². The summed E-state index contributed by atoms with van der Waals surface area (Å²) in [6.45, 7) is 0. The molecule has 0 fully saturated rings. The second-order valence-electron chi connectivity index (χ2n) is 3.05. The van der Waals surface area contributed by atoms with Crippen molar-refractivity contribution < 1.29 is 9.47 Å².